The SMILES string of the molecule is C[C@H](Cn1cccn1)NC(=O)CN(C)S(C)(=O)=O. The number of aromatic nitrogens is 2. The van der Waals surface area contributed by atoms with E-state index in [0.717, 1.165) is 10.6 Å². The number of nitrogens with zero attached hydrogens (tertiary/aromatic N) is 3. The second kappa shape index (κ2) is 5.96. The lowest BCUT2D eigenvalue weighted by Crippen LogP contribution is -2.42. The van der Waals surface area contributed by atoms with Gasteiger partial charge in [-0.25, -0.2) is 8.42 Å². The van der Waals surface area contributed by atoms with Crippen LogP contribution >= 0.6 is 0 Å². The number of hydrogen-bond donors (Lipinski definition) is 1. The molecule has 1 heterocycles. The molecule has 7 nitrogen and oxygen atoms in total. The Hall–Kier alpha value is -1.41. The third-order valence-electron chi connectivity index (χ3n) is 2.36. The number of likely N-dealkylation sites (N-methyl/N-ethyl adjacent to an activating group) is 1. The molecule has 8 heteroatoms. The highest BCUT2D eigenvalue weighted by Gasteiger charge is 2.16. The fraction of sp³-hybridized carbons (Fsp3) is 0.600. The fourth-order valence-electron chi connectivity index (χ4n) is 1.37. The lowest BCUT2D eigenvalue weighted by Gasteiger charge is -2.17. The highest BCUT2D eigenvalue weighted by atomic mass is 32.2. The Kier molecular flexibility index (Phi) is 4.85. The lowest BCUT2D eigenvalue weighted by molar-refractivity contribution is -0.121. The summed E-state index contributed by atoms with van der Waals surface area (Å²) in [5.41, 5.74) is 0. The van der Waals surface area contributed by atoms with Crippen LogP contribution in [0, 0.1) is 0 Å². The monoisotopic (exact) mass is 274 g/mol. The Labute approximate surface area is 107 Å². The van der Waals surface area contributed by atoms with Gasteiger partial charge in [0.25, 0.3) is 0 Å². The van der Waals surface area contributed by atoms with Gasteiger partial charge in [-0.1, -0.05) is 0 Å². The Morgan fingerprint density at radius 1 is 1.56 bits per heavy atom. The Morgan fingerprint density at radius 3 is 2.72 bits per heavy atom. The first-order valence-corrected chi connectivity index (χ1v) is 7.32. The molecule has 1 amide bonds. The molecule has 18 heavy (non-hydrogen) atoms. The molecule has 102 valence electrons. The molecule has 0 aliphatic rings. The minimum Gasteiger partial charge on any atom is -0.351 e. The smallest absolute Gasteiger partial charge is 0.235 e. The number of rotatable bonds is 6. The zero-order valence-corrected chi connectivity index (χ0v) is 11.5. The zero-order chi connectivity index (χ0) is 13.8. The second-order valence-electron chi connectivity index (χ2n) is 4.22. The molecule has 1 aromatic heterocycles. The van der Waals surface area contributed by atoms with Crippen molar-refractivity contribution in [1.29, 1.82) is 0 Å². The van der Waals surface area contributed by atoms with E-state index < -0.39 is 10.0 Å². The summed E-state index contributed by atoms with van der Waals surface area (Å²) in [6.07, 6.45) is 4.52. The van der Waals surface area contributed by atoms with E-state index in [1.54, 1.807) is 23.1 Å². The molecule has 0 aromatic carbocycles. The Balaban J connectivity index is 2.40. The van der Waals surface area contributed by atoms with Gasteiger partial charge in [-0.15, -0.1) is 0 Å². The summed E-state index contributed by atoms with van der Waals surface area (Å²) < 4.78 is 25.0. The number of sulfonamides is 1. The molecule has 0 unspecified atom stereocenters. The molecule has 0 aliphatic carbocycles. The molecular formula is C10H18N4O3S. The van der Waals surface area contributed by atoms with Crippen LogP contribution in [0.5, 0.6) is 0 Å². The van der Waals surface area contributed by atoms with Crippen molar-refractivity contribution >= 4 is 15.9 Å². The maximum atomic E-state index is 11.6. The number of hydrogen-bond acceptors (Lipinski definition) is 4. The van der Waals surface area contributed by atoms with Crippen LogP contribution in [0.25, 0.3) is 0 Å². The van der Waals surface area contributed by atoms with Gasteiger partial charge in [0.1, 0.15) is 0 Å². The zero-order valence-electron chi connectivity index (χ0n) is 10.7. The number of carbonyl (C=O) groups is 1. The Morgan fingerprint density at radius 2 is 2.22 bits per heavy atom. The van der Waals surface area contributed by atoms with E-state index >= 15 is 0 Å². The second-order valence-corrected chi connectivity index (χ2v) is 6.31. The van der Waals surface area contributed by atoms with Crippen LogP contribution in [-0.4, -0.2) is 54.3 Å². The van der Waals surface area contributed by atoms with Gasteiger partial charge in [-0.3, -0.25) is 9.48 Å². The topological polar surface area (TPSA) is 84.3 Å². The van der Waals surface area contributed by atoms with Crippen molar-refractivity contribution in [3.63, 3.8) is 0 Å². The summed E-state index contributed by atoms with van der Waals surface area (Å²) in [4.78, 5) is 11.6. The van der Waals surface area contributed by atoms with Gasteiger partial charge in [-0.2, -0.15) is 9.40 Å². The largest absolute Gasteiger partial charge is 0.351 e. The van der Waals surface area contributed by atoms with Crippen molar-refractivity contribution in [3.8, 4) is 0 Å². The molecule has 0 saturated carbocycles. The van der Waals surface area contributed by atoms with E-state index in [4.69, 9.17) is 0 Å². The first-order chi connectivity index (χ1) is 8.29. The van der Waals surface area contributed by atoms with E-state index in [1.807, 2.05) is 6.92 Å². The third-order valence-corrected chi connectivity index (χ3v) is 3.62. The first kappa shape index (κ1) is 14.7. The van der Waals surface area contributed by atoms with Gasteiger partial charge in [0.15, 0.2) is 0 Å². The highest BCUT2D eigenvalue weighted by Crippen LogP contribution is 1.94. The minimum atomic E-state index is -3.33. The molecule has 1 N–H and O–H groups in total. The van der Waals surface area contributed by atoms with Crippen molar-refractivity contribution in [2.24, 2.45) is 0 Å². The molecule has 0 saturated heterocycles. The standard InChI is InChI=1S/C10H18N4O3S/c1-9(7-14-6-4-5-11-14)12-10(15)8-13(2)18(3,16)17/h4-6,9H,7-8H2,1-3H3,(H,12,15)/t9-/m1/s1. The molecule has 1 aromatic rings. The van der Waals surface area contributed by atoms with Crippen molar-refractivity contribution in [2.75, 3.05) is 19.8 Å². The maximum absolute atomic E-state index is 11.6. The number of amides is 1. The van der Waals surface area contributed by atoms with Gasteiger partial charge >= 0.3 is 0 Å². The van der Waals surface area contributed by atoms with Crippen LogP contribution < -0.4 is 5.32 Å². The lowest BCUT2D eigenvalue weighted by atomic mass is 10.3. The van der Waals surface area contributed by atoms with E-state index in [2.05, 4.69) is 10.4 Å². The van der Waals surface area contributed by atoms with Crippen molar-refractivity contribution in [1.82, 2.24) is 19.4 Å². The molecular weight excluding hydrogens is 256 g/mol. The van der Waals surface area contributed by atoms with Crippen molar-refractivity contribution in [2.45, 2.75) is 19.5 Å². The van der Waals surface area contributed by atoms with Crippen LogP contribution in [0.3, 0.4) is 0 Å². The van der Waals surface area contributed by atoms with E-state index in [-0.39, 0.29) is 18.5 Å². The molecule has 0 radical (unpaired) electrons. The Bertz CT molecular complexity index is 483. The normalized spacial score (nSPS) is 13.6. The predicted molar refractivity (Wildman–Crippen MR) is 67.3 cm³/mol. The van der Waals surface area contributed by atoms with Crippen LogP contribution in [0.15, 0.2) is 18.5 Å². The van der Waals surface area contributed by atoms with Crippen LogP contribution in [0.1, 0.15) is 6.92 Å². The maximum Gasteiger partial charge on any atom is 0.235 e. The molecule has 1 atom stereocenters. The van der Waals surface area contributed by atoms with E-state index in [1.165, 1.54) is 7.05 Å². The summed E-state index contributed by atoms with van der Waals surface area (Å²) >= 11 is 0. The van der Waals surface area contributed by atoms with Crippen molar-refractivity contribution < 1.29 is 13.2 Å². The molecule has 0 fully saturated rings. The van der Waals surface area contributed by atoms with Gasteiger partial charge in [0.05, 0.1) is 19.3 Å². The molecule has 0 bridgehead atoms. The average molecular weight is 274 g/mol. The molecule has 1 rings (SSSR count). The molecule has 0 aliphatic heterocycles. The quantitative estimate of drug-likeness (QED) is 0.742. The summed E-state index contributed by atoms with van der Waals surface area (Å²) in [6.45, 7) is 2.20. The van der Waals surface area contributed by atoms with Gasteiger partial charge < -0.3 is 5.32 Å². The van der Waals surface area contributed by atoms with E-state index in [9.17, 15) is 13.2 Å². The minimum absolute atomic E-state index is 0.120. The van der Waals surface area contributed by atoms with Gasteiger partial charge in [-0.05, 0) is 13.0 Å². The molecule has 0 spiro atoms. The van der Waals surface area contributed by atoms with Gasteiger partial charge in [0, 0.05) is 25.5 Å². The van der Waals surface area contributed by atoms with Crippen LogP contribution in [0.4, 0.5) is 0 Å². The third kappa shape index (κ3) is 4.84. The van der Waals surface area contributed by atoms with E-state index in [0.29, 0.717) is 6.54 Å². The first-order valence-electron chi connectivity index (χ1n) is 5.47. The summed E-state index contributed by atoms with van der Waals surface area (Å²) in [6, 6.07) is 1.68. The van der Waals surface area contributed by atoms with Crippen molar-refractivity contribution in [3.05, 3.63) is 18.5 Å². The average Bonchev–Trinajstić information content (AvgIpc) is 2.67. The fourth-order valence-corrected chi connectivity index (χ4v) is 1.73. The summed E-state index contributed by atoms with van der Waals surface area (Å²) in [5, 5.41) is 6.74. The summed E-state index contributed by atoms with van der Waals surface area (Å²) in [5.74, 6) is -0.331. The van der Waals surface area contributed by atoms with Gasteiger partial charge in [0.2, 0.25) is 15.9 Å². The number of nitrogens with one attached hydrogen (secondary N) is 1. The highest BCUT2D eigenvalue weighted by molar-refractivity contribution is 7.88. The van der Waals surface area contributed by atoms with Crippen LogP contribution in [-0.2, 0) is 21.4 Å². The van der Waals surface area contributed by atoms with Crippen LogP contribution in [0.2, 0.25) is 0 Å². The summed E-state index contributed by atoms with van der Waals surface area (Å²) in [7, 11) is -1.96. The predicted octanol–water partition coefficient (Wildman–Crippen LogP) is -0.721. The number of carbonyl (C=O) groups excluding carboxylic acids is 1.